The van der Waals surface area contributed by atoms with Crippen LogP contribution in [0.15, 0.2) is 42.5 Å². The predicted molar refractivity (Wildman–Crippen MR) is 108 cm³/mol. The molecule has 0 aliphatic rings. The van der Waals surface area contributed by atoms with E-state index in [2.05, 4.69) is 5.32 Å². The van der Waals surface area contributed by atoms with Gasteiger partial charge in [-0.1, -0.05) is 23.7 Å². The van der Waals surface area contributed by atoms with Crippen LogP contribution in [0.5, 0.6) is 5.75 Å². The Balaban J connectivity index is 2.33. The van der Waals surface area contributed by atoms with Crippen LogP contribution in [-0.2, 0) is 14.8 Å². The fourth-order valence-electron chi connectivity index (χ4n) is 2.79. The van der Waals surface area contributed by atoms with Crippen molar-refractivity contribution in [3.63, 3.8) is 0 Å². The average Bonchev–Trinajstić information content (AvgIpc) is 2.61. The smallest absolute Gasteiger partial charge is 0.244 e. The fourth-order valence-corrected chi connectivity index (χ4v) is 4.12. The van der Waals surface area contributed by atoms with Gasteiger partial charge in [-0.25, -0.2) is 12.8 Å². The van der Waals surface area contributed by atoms with Gasteiger partial charge in [-0.2, -0.15) is 0 Å². The van der Waals surface area contributed by atoms with Crippen molar-refractivity contribution < 1.29 is 22.3 Å². The Bertz CT molecular complexity index is 951. The lowest BCUT2D eigenvalue weighted by Gasteiger charge is -2.30. The van der Waals surface area contributed by atoms with Crippen molar-refractivity contribution in [2.45, 2.75) is 25.9 Å². The van der Waals surface area contributed by atoms with Crippen molar-refractivity contribution in [2.75, 3.05) is 17.7 Å². The molecule has 2 aromatic rings. The lowest BCUT2D eigenvalue weighted by atomic mass is 10.1. The Morgan fingerprint density at radius 2 is 1.79 bits per heavy atom. The maximum absolute atomic E-state index is 13.1. The zero-order valence-electron chi connectivity index (χ0n) is 15.9. The van der Waals surface area contributed by atoms with Gasteiger partial charge < -0.3 is 10.1 Å². The zero-order chi connectivity index (χ0) is 21.1. The van der Waals surface area contributed by atoms with Crippen molar-refractivity contribution in [1.29, 1.82) is 0 Å². The highest BCUT2D eigenvalue weighted by atomic mass is 35.5. The Kier molecular flexibility index (Phi) is 6.90. The Morgan fingerprint density at radius 3 is 2.32 bits per heavy atom. The minimum absolute atomic E-state index is 0.162. The van der Waals surface area contributed by atoms with Gasteiger partial charge in [0.1, 0.15) is 17.6 Å². The largest absolute Gasteiger partial charge is 0.495 e. The first-order valence-corrected chi connectivity index (χ1v) is 10.7. The van der Waals surface area contributed by atoms with Gasteiger partial charge in [0.2, 0.25) is 15.9 Å². The summed E-state index contributed by atoms with van der Waals surface area (Å²) < 4.78 is 44.2. The highest BCUT2D eigenvalue weighted by Crippen LogP contribution is 2.34. The van der Waals surface area contributed by atoms with Crippen LogP contribution in [0.4, 0.5) is 10.1 Å². The number of methoxy groups -OCH3 is 1. The molecule has 9 heteroatoms. The van der Waals surface area contributed by atoms with Crippen molar-refractivity contribution in [2.24, 2.45) is 0 Å². The summed E-state index contributed by atoms with van der Waals surface area (Å²) in [6.45, 7) is 3.19. The van der Waals surface area contributed by atoms with E-state index in [4.69, 9.17) is 16.3 Å². The number of amides is 1. The summed E-state index contributed by atoms with van der Waals surface area (Å²) in [4.78, 5) is 12.8. The first-order valence-electron chi connectivity index (χ1n) is 8.43. The average molecular weight is 429 g/mol. The van der Waals surface area contributed by atoms with Crippen molar-refractivity contribution in [3.8, 4) is 5.75 Å². The first-order chi connectivity index (χ1) is 13.0. The van der Waals surface area contributed by atoms with Crippen LogP contribution in [0.25, 0.3) is 0 Å². The van der Waals surface area contributed by atoms with Crippen LogP contribution < -0.4 is 14.4 Å². The zero-order valence-corrected chi connectivity index (χ0v) is 17.5. The van der Waals surface area contributed by atoms with E-state index in [0.29, 0.717) is 10.6 Å². The fraction of sp³-hybridized carbons (Fsp3) is 0.316. The van der Waals surface area contributed by atoms with Gasteiger partial charge in [0.05, 0.1) is 25.1 Å². The number of halogens is 2. The molecule has 1 amide bonds. The molecule has 2 rings (SSSR count). The monoisotopic (exact) mass is 428 g/mol. The molecule has 152 valence electrons. The summed E-state index contributed by atoms with van der Waals surface area (Å²) in [5, 5.41) is 3.05. The number of hydrogen-bond donors (Lipinski definition) is 1. The molecule has 0 saturated heterocycles. The standard InChI is InChI=1S/C19H22ClFN2O4S/c1-12(14-5-8-16(21)9-6-14)22-19(24)13(2)23(28(4,25)26)17-11-15(20)7-10-18(17)27-3/h5-13H,1-4H3,(H,22,24). The number of sulfonamides is 1. The molecule has 0 saturated carbocycles. The summed E-state index contributed by atoms with van der Waals surface area (Å²) >= 11 is 6.02. The Labute approximate surface area is 169 Å². The molecule has 0 radical (unpaired) electrons. The number of rotatable bonds is 7. The quantitative estimate of drug-likeness (QED) is 0.732. The molecule has 1 N–H and O–H groups in total. The van der Waals surface area contributed by atoms with Crippen molar-refractivity contribution in [3.05, 3.63) is 58.9 Å². The number of nitrogens with one attached hydrogen (secondary N) is 1. The maximum atomic E-state index is 13.1. The highest BCUT2D eigenvalue weighted by Gasteiger charge is 2.32. The van der Waals surface area contributed by atoms with E-state index in [1.165, 1.54) is 38.3 Å². The minimum Gasteiger partial charge on any atom is -0.495 e. The van der Waals surface area contributed by atoms with Gasteiger partial charge in [0, 0.05) is 5.02 Å². The number of carbonyl (C=O) groups excluding carboxylic acids is 1. The molecule has 0 heterocycles. The second-order valence-corrected chi connectivity index (χ2v) is 8.63. The SMILES string of the molecule is COc1ccc(Cl)cc1N(C(C)C(=O)NC(C)c1ccc(F)cc1)S(C)(=O)=O. The lowest BCUT2D eigenvalue weighted by Crippen LogP contribution is -2.48. The maximum Gasteiger partial charge on any atom is 0.244 e. The topological polar surface area (TPSA) is 75.7 Å². The summed E-state index contributed by atoms with van der Waals surface area (Å²) in [7, 11) is -2.44. The van der Waals surface area contributed by atoms with E-state index >= 15 is 0 Å². The van der Waals surface area contributed by atoms with Gasteiger partial charge in [0.25, 0.3) is 0 Å². The number of carbonyl (C=O) groups is 1. The second kappa shape index (κ2) is 8.79. The Morgan fingerprint density at radius 1 is 1.18 bits per heavy atom. The van der Waals surface area contributed by atoms with E-state index in [1.807, 2.05) is 0 Å². The Hall–Kier alpha value is -2.32. The first kappa shape index (κ1) is 22.0. The molecule has 0 aromatic heterocycles. The highest BCUT2D eigenvalue weighted by molar-refractivity contribution is 7.92. The molecule has 0 fully saturated rings. The summed E-state index contributed by atoms with van der Waals surface area (Å²) in [6.07, 6.45) is 1.00. The molecule has 0 spiro atoms. The van der Waals surface area contributed by atoms with Gasteiger partial charge in [-0.05, 0) is 49.7 Å². The summed E-state index contributed by atoms with van der Waals surface area (Å²) in [5.41, 5.74) is 0.850. The van der Waals surface area contributed by atoms with E-state index in [9.17, 15) is 17.6 Å². The molecule has 0 aliphatic heterocycles. The normalized spacial score (nSPS) is 13.5. The molecule has 2 unspecified atom stereocenters. The number of anilines is 1. The van der Waals surface area contributed by atoms with Crippen LogP contribution in [0, 0.1) is 5.82 Å². The van der Waals surface area contributed by atoms with Crippen molar-refractivity contribution in [1.82, 2.24) is 5.32 Å². The van der Waals surface area contributed by atoms with Gasteiger partial charge in [-0.15, -0.1) is 0 Å². The van der Waals surface area contributed by atoms with Gasteiger partial charge in [0.15, 0.2) is 0 Å². The molecular formula is C19H22ClFN2O4S. The molecule has 0 aliphatic carbocycles. The summed E-state index contributed by atoms with van der Waals surface area (Å²) in [6, 6.07) is 8.69. The third kappa shape index (κ3) is 5.14. The number of benzene rings is 2. The van der Waals surface area contributed by atoms with Crippen molar-refractivity contribution >= 4 is 33.2 Å². The molecule has 6 nitrogen and oxygen atoms in total. The third-order valence-electron chi connectivity index (χ3n) is 4.20. The molecule has 2 aromatic carbocycles. The van der Waals surface area contributed by atoms with Crippen LogP contribution in [0.2, 0.25) is 5.02 Å². The lowest BCUT2D eigenvalue weighted by molar-refractivity contribution is -0.122. The number of hydrogen-bond acceptors (Lipinski definition) is 4. The number of nitrogens with zero attached hydrogens (tertiary/aromatic N) is 1. The number of ether oxygens (including phenoxy) is 1. The minimum atomic E-state index is -3.83. The van der Waals surface area contributed by atoms with Crippen LogP contribution in [0.1, 0.15) is 25.5 Å². The predicted octanol–water partition coefficient (Wildman–Crippen LogP) is 3.52. The van der Waals surface area contributed by atoms with E-state index < -0.39 is 28.0 Å². The molecular weight excluding hydrogens is 407 g/mol. The van der Waals surface area contributed by atoms with Crippen LogP contribution in [0.3, 0.4) is 0 Å². The van der Waals surface area contributed by atoms with Gasteiger partial charge in [-0.3, -0.25) is 9.10 Å². The van der Waals surface area contributed by atoms with Crippen LogP contribution >= 0.6 is 11.6 Å². The van der Waals surface area contributed by atoms with E-state index in [0.717, 1.165) is 10.6 Å². The van der Waals surface area contributed by atoms with Crippen LogP contribution in [-0.4, -0.2) is 33.7 Å². The molecule has 28 heavy (non-hydrogen) atoms. The van der Waals surface area contributed by atoms with E-state index in [1.54, 1.807) is 25.1 Å². The van der Waals surface area contributed by atoms with E-state index in [-0.39, 0.29) is 17.3 Å². The van der Waals surface area contributed by atoms with Gasteiger partial charge >= 0.3 is 0 Å². The summed E-state index contributed by atoms with van der Waals surface area (Å²) in [5.74, 6) is -0.641. The molecule has 2 atom stereocenters. The second-order valence-electron chi connectivity index (χ2n) is 6.33. The third-order valence-corrected chi connectivity index (χ3v) is 5.66. The molecule has 0 bridgehead atoms.